The molecule has 5 heteroatoms. The van der Waals surface area contributed by atoms with Gasteiger partial charge in [-0.15, -0.1) is 0 Å². The Kier molecular flexibility index (Phi) is 4.10. The van der Waals surface area contributed by atoms with Gasteiger partial charge in [0.1, 0.15) is 17.1 Å². The van der Waals surface area contributed by atoms with E-state index in [2.05, 4.69) is 5.48 Å². The lowest BCUT2D eigenvalue weighted by molar-refractivity contribution is 0.0228. The predicted octanol–water partition coefficient (Wildman–Crippen LogP) is 2.39. The number of phenols is 1. The van der Waals surface area contributed by atoms with Crippen molar-refractivity contribution < 1.29 is 19.1 Å². The van der Waals surface area contributed by atoms with Crippen LogP contribution >= 0.6 is 0 Å². The molecule has 2 rings (SSSR count). The Morgan fingerprint density at radius 2 is 1.89 bits per heavy atom. The molecular formula is C14H12FNO3. The van der Waals surface area contributed by atoms with Gasteiger partial charge < -0.3 is 5.11 Å². The Morgan fingerprint density at radius 1 is 1.16 bits per heavy atom. The van der Waals surface area contributed by atoms with Gasteiger partial charge in [0, 0.05) is 0 Å². The van der Waals surface area contributed by atoms with E-state index in [4.69, 9.17) is 4.84 Å². The van der Waals surface area contributed by atoms with Crippen molar-refractivity contribution in [1.82, 2.24) is 5.48 Å². The molecule has 0 heterocycles. The van der Waals surface area contributed by atoms with Crippen LogP contribution in [0.1, 0.15) is 15.9 Å². The van der Waals surface area contributed by atoms with E-state index in [0.29, 0.717) is 0 Å². The second kappa shape index (κ2) is 5.97. The van der Waals surface area contributed by atoms with E-state index in [1.54, 1.807) is 0 Å². The van der Waals surface area contributed by atoms with Crippen molar-refractivity contribution >= 4 is 5.91 Å². The molecule has 0 unspecified atom stereocenters. The lowest BCUT2D eigenvalue weighted by Crippen LogP contribution is -2.24. The van der Waals surface area contributed by atoms with Gasteiger partial charge in [-0.2, -0.15) is 0 Å². The SMILES string of the molecule is O=C(NOCc1ccccc1)c1c(O)cccc1F. The average molecular weight is 261 g/mol. The molecule has 0 aromatic heterocycles. The Balaban J connectivity index is 1.95. The highest BCUT2D eigenvalue weighted by Crippen LogP contribution is 2.19. The van der Waals surface area contributed by atoms with E-state index in [0.717, 1.165) is 11.6 Å². The van der Waals surface area contributed by atoms with Gasteiger partial charge >= 0.3 is 0 Å². The molecular weight excluding hydrogens is 249 g/mol. The van der Waals surface area contributed by atoms with Crippen LogP contribution in [0.25, 0.3) is 0 Å². The minimum Gasteiger partial charge on any atom is -0.507 e. The largest absolute Gasteiger partial charge is 0.507 e. The van der Waals surface area contributed by atoms with Gasteiger partial charge in [0.15, 0.2) is 0 Å². The molecule has 0 radical (unpaired) electrons. The van der Waals surface area contributed by atoms with Crippen LogP contribution in [0.4, 0.5) is 4.39 Å². The quantitative estimate of drug-likeness (QED) is 0.831. The molecule has 0 fully saturated rings. The lowest BCUT2D eigenvalue weighted by atomic mass is 10.2. The van der Waals surface area contributed by atoms with Crippen molar-refractivity contribution in [2.24, 2.45) is 0 Å². The van der Waals surface area contributed by atoms with Crippen molar-refractivity contribution in [3.05, 3.63) is 65.5 Å². The topological polar surface area (TPSA) is 58.6 Å². The third-order valence-corrected chi connectivity index (χ3v) is 2.47. The van der Waals surface area contributed by atoms with Crippen LogP contribution in [0.2, 0.25) is 0 Å². The van der Waals surface area contributed by atoms with Crippen molar-refractivity contribution in [2.75, 3.05) is 0 Å². The zero-order valence-electron chi connectivity index (χ0n) is 9.97. The summed E-state index contributed by atoms with van der Waals surface area (Å²) in [5, 5.41) is 9.42. The summed E-state index contributed by atoms with van der Waals surface area (Å²) >= 11 is 0. The summed E-state index contributed by atoms with van der Waals surface area (Å²) in [7, 11) is 0. The maximum Gasteiger partial charge on any atom is 0.281 e. The van der Waals surface area contributed by atoms with Crippen LogP contribution < -0.4 is 5.48 Å². The molecule has 0 spiro atoms. The highest BCUT2D eigenvalue weighted by molar-refractivity contribution is 5.96. The van der Waals surface area contributed by atoms with E-state index >= 15 is 0 Å². The Hall–Kier alpha value is -2.40. The monoisotopic (exact) mass is 261 g/mol. The molecule has 2 aromatic carbocycles. The lowest BCUT2D eigenvalue weighted by Gasteiger charge is -2.08. The summed E-state index contributed by atoms with van der Waals surface area (Å²) in [6, 6.07) is 12.8. The summed E-state index contributed by atoms with van der Waals surface area (Å²) in [5.74, 6) is -2.06. The summed E-state index contributed by atoms with van der Waals surface area (Å²) in [6.45, 7) is 0.155. The molecule has 0 bridgehead atoms. The predicted molar refractivity (Wildman–Crippen MR) is 66.8 cm³/mol. The fourth-order valence-corrected chi connectivity index (χ4v) is 1.55. The number of carbonyl (C=O) groups is 1. The first kappa shape index (κ1) is 13.0. The fraction of sp³-hybridized carbons (Fsp3) is 0.0714. The third kappa shape index (κ3) is 3.29. The van der Waals surface area contributed by atoms with Gasteiger partial charge in [-0.05, 0) is 17.7 Å². The van der Waals surface area contributed by atoms with Crippen molar-refractivity contribution in [2.45, 2.75) is 6.61 Å². The first-order valence-electron chi connectivity index (χ1n) is 5.62. The van der Waals surface area contributed by atoms with E-state index < -0.39 is 23.0 Å². The number of hydroxylamine groups is 1. The third-order valence-electron chi connectivity index (χ3n) is 2.47. The van der Waals surface area contributed by atoms with E-state index in [-0.39, 0.29) is 6.61 Å². The number of rotatable bonds is 4. The Morgan fingerprint density at radius 3 is 2.58 bits per heavy atom. The number of benzene rings is 2. The summed E-state index contributed by atoms with van der Waals surface area (Å²) in [4.78, 5) is 16.6. The molecule has 2 aromatic rings. The molecule has 0 aliphatic heterocycles. The number of amides is 1. The normalized spacial score (nSPS) is 10.2. The zero-order chi connectivity index (χ0) is 13.7. The van der Waals surface area contributed by atoms with Crippen LogP contribution in [0.3, 0.4) is 0 Å². The number of aromatic hydroxyl groups is 1. The van der Waals surface area contributed by atoms with Crippen LogP contribution in [-0.4, -0.2) is 11.0 Å². The molecule has 0 saturated carbocycles. The molecule has 2 N–H and O–H groups in total. The van der Waals surface area contributed by atoms with E-state index in [1.807, 2.05) is 30.3 Å². The number of hydrogen-bond acceptors (Lipinski definition) is 3. The van der Waals surface area contributed by atoms with Crippen molar-refractivity contribution in [3.8, 4) is 5.75 Å². The summed E-state index contributed by atoms with van der Waals surface area (Å²) < 4.78 is 13.4. The van der Waals surface area contributed by atoms with E-state index in [9.17, 15) is 14.3 Å². The standard InChI is InChI=1S/C14H12FNO3/c15-11-7-4-8-12(17)13(11)14(18)16-19-9-10-5-2-1-3-6-10/h1-8,17H,9H2,(H,16,18). The summed E-state index contributed by atoms with van der Waals surface area (Å²) in [6.07, 6.45) is 0. The Bertz CT molecular complexity index is 552. The smallest absolute Gasteiger partial charge is 0.281 e. The summed E-state index contributed by atoms with van der Waals surface area (Å²) in [5.41, 5.74) is 2.52. The van der Waals surface area contributed by atoms with Gasteiger partial charge in [-0.1, -0.05) is 36.4 Å². The van der Waals surface area contributed by atoms with Crippen molar-refractivity contribution in [1.29, 1.82) is 0 Å². The molecule has 0 saturated heterocycles. The Labute approximate surface area is 109 Å². The highest BCUT2D eigenvalue weighted by Gasteiger charge is 2.16. The van der Waals surface area contributed by atoms with Crippen LogP contribution in [-0.2, 0) is 11.4 Å². The first-order chi connectivity index (χ1) is 9.18. The van der Waals surface area contributed by atoms with Crippen molar-refractivity contribution in [3.63, 3.8) is 0 Å². The molecule has 0 aliphatic rings. The second-order valence-electron chi connectivity index (χ2n) is 3.84. The maximum absolute atomic E-state index is 13.4. The highest BCUT2D eigenvalue weighted by atomic mass is 19.1. The minimum absolute atomic E-state index is 0.155. The van der Waals surface area contributed by atoms with Gasteiger partial charge in [-0.25, -0.2) is 9.87 Å². The molecule has 1 amide bonds. The van der Waals surface area contributed by atoms with Gasteiger partial charge in [0.25, 0.3) is 5.91 Å². The average Bonchev–Trinajstić information content (AvgIpc) is 2.40. The number of halogens is 1. The molecule has 4 nitrogen and oxygen atoms in total. The van der Waals surface area contributed by atoms with Crippen LogP contribution in [0, 0.1) is 5.82 Å². The molecule has 0 atom stereocenters. The molecule has 98 valence electrons. The minimum atomic E-state index is -0.827. The van der Waals surface area contributed by atoms with Gasteiger partial charge in [0.2, 0.25) is 0 Å². The first-order valence-corrected chi connectivity index (χ1v) is 5.62. The number of nitrogens with one attached hydrogen (secondary N) is 1. The zero-order valence-corrected chi connectivity index (χ0v) is 9.97. The number of phenolic OH excluding ortho intramolecular Hbond substituents is 1. The molecule has 0 aliphatic carbocycles. The molecule has 19 heavy (non-hydrogen) atoms. The maximum atomic E-state index is 13.4. The van der Waals surface area contributed by atoms with Gasteiger partial charge in [0.05, 0.1) is 6.61 Å². The van der Waals surface area contributed by atoms with Crippen LogP contribution in [0.15, 0.2) is 48.5 Å². The second-order valence-corrected chi connectivity index (χ2v) is 3.84. The number of carbonyl (C=O) groups excluding carboxylic acids is 1. The van der Waals surface area contributed by atoms with E-state index in [1.165, 1.54) is 12.1 Å². The fourth-order valence-electron chi connectivity index (χ4n) is 1.55. The van der Waals surface area contributed by atoms with Crippen LogP contribution in [0.5, 0.6) is 5.75 Å². The number of hydrogen-bond donors (Lipinski definition) is 2. The van der Waals surface area contributed by atoms with Gasteiger partial charge in [-0.3, -0.25) is 9.63 Å².